The minimum absolute atomic E-state index is 0.0687. The van der Waals surface area contributed by atoms with Crippen molar-refractivity contribution in [2.75, 3.05) is 0 Å². The molecule has 21 heavy (non-hydrogen) atoms. The van der Waals surface area contributed by atoms with E-state index in [1.54, 1.807) is 6.08 Å². The average molecular weight is 344 g/mol. The molecule has 1 aromatic carbocycles. The van der Waals surface area contributed by atoms with Crippen molar-refractivity contribution >= 4 is 21.6 Å². The Morgan fingerprint density at radius 3 is 2.76 bits per heavy atom. The van der Waals surface area contributed by atoms with Gasteiger partial charge in [-0.05, 0) is 31.0 Å². The number of fused-ring (bicyclic) bond motifs is 1. The van der Waals surface area contributed by atoms with Gasteiger partial charge in [0.25, 0.3) is 5.56 Å². The van der Waals surface area contributed by atoms with Crippen molar-refractivity contribution in [1.29, 1.82) is 0 Å². The Morgan fingerprint density at radius 2 is 2.10 bits per heavy atom. The number of hydrogen-bond donors (Lipinski definition) is 1. The van der Waals surface area contributed by atoms with Gasteiger partial charge in [0.05, 0.1) is 5.69 Å². The number of aromatic nitrogens is 3. The van der Waals surface area contributed by atoms with Crippen molar-refractivity contribution in [3.05, 3.63) is 69.1 Å². The minimum atomic E-state index is -0.0687. The molecular formula is C16H14BrN3O. The van der Waals surface area contributed by atoms with E-state index >= 15 is 0 Å². The van der Waals surface area contributed by atoms with Crippen LogP contribution in [0.4, 0.5) is 0 Å². The number of H-pyrrole nitrogens is 1. The van der Waals surface area contributed by atoms with Crippen molar-refractivity contribution in [3.63, 3.8) is 0 Å². The lowest BCUT2D eigenvalue weighted by atomic mass is 10.1. The van der Waals surface area contributed by atoms with Gasteiger partial charge in [0.1, 0.15) is 0 Å². The predicted octanol–water partition coefficient (Wildman–Crippen LogP) is 3.49. The van der Waals surface area contributed by atoms with Gasteiger partial charge in [-0.3, -0.25) is 9.89 Å². The highest BCUT2D eigenvalue weighted by Gasteiger charge is 2.11. The van der Waals surface area contributed by atoms with E-state index in [9.17, 15) is 4.79 Å². The Hall–Kier alpha value is -2.14. The zero-order chi connectivity index (χ0) is 15.0. The smallest absolute Gasteiger partial charge is 0.276 e. The summed E-state index contributed by atoms with van der Waals surface area (Å²) < 4.78 is 2.50. The maximum Gasteiger partial charge on any atom is 0.276 e. The summed E-state index contributed by atoms with van der Waals surface area (Å²) in [5.41, 5.74) is 3.85. The number of aryl methyl sites for hydroxylation is 1. The van der Waals surface area contributed by atoms with Crippen LogP contribution in [0.1, 0.15) is 11.3 Å². The minimum Gasteiger partial charge on any atom is -0.289 e. The molecule has 0 aliphatic heterocycles. The van der Waals surface area contributed by atoms with E-state index in [0.717, 1.165) is 21.4 Å². The van der Waals surface area contributed by atoms with E-state index < -0.39 is 0 Å². The number of benzene rings is 1. The Morgan fingerprint density at radius 1 is 1.38 bits per heavy atom. The largest absolute Gasteiger partial charge is 0.289 e. The lowest BCUT2D eigenvalue weighted by Gasteiger charge is -2.02. The molecule has 0 bridgehead atoms. The Kier molecular flexibility index (Phi) is 3.51. The lowest BCUT2D eigenvalue weighted by Crippen LogP contribution is -2.21. The van der Waals surface area contributed by atoms with Crippen LogP contribution in [0.15, 0.2) is 52.3 Å². The van der Waals surface area contributed by atoms with Crippen molar-refractivity contribution in [2.45, 2.75) is 13.3 Å². The summed E-state index contributed by atoms with van der Waals surface area (Å²) in [6.07, 6.45) is 2.24. The van der Waals surface area contributed by atoms with Gasteiger partial charge in [-0.1, -0.05) is 34.1 Å². The van der Waals surface area contributed by atoms with Gasteiger partial charge in [-0.25, -0.2) is 9.50 Å². The van der Waals surface area contributed by atoms with Gasteiger partial charge < -0.3 is 0 Å². The van der Waals surface area contributed by atoms with Gasteiger partial charge in [0, 0.05) is 21.8 Å². The molecule has 2 heterocycles. The first-order valence-electron chi connectivity index (χ1n) is 6.58. The van der Waals surface area contributed by atoms with Crippen molar-refractivity contribution in [2.24, 2.45) is 0 Å². The molecule has 0 radical (unpaired) electrons. The van der Waals surface area contributed by atoms with Gasteiger partial charge in [0.15, 0.2) is 5.65 Å². The Labute approximate surface area is 130 Å². The van der Waals surface area contributed by atoms with Gasteiger partial charge in [0.2, 0.25) is 0 Å². The number of aromatic amines is 1. The van der Waals surface area contributed by atoms with E-state index in [4.69, 9.17) is 0 Å². The van der Waals surface area contributed by atoms with Crippen LogP contribution < -0.4 is 5.56 Å². The zero-order valence-corrected chi connectivity index (χ0v) is 13.1. The molecule has 0 aliphatic carbocycles. The normalized spacial score (nSPS) is 11.0. The summed E-state index contributed by atoms with van der Waals surface area (Å²) in [5.74, 6) is 0. The second kappa shape index (κ2) is 5.33. The first kappa shape index (κ1) is 13.8. The van der Waals surface area contributed by atoms with Gasteiger partial charge >= 0.3 is 0 Å². The van der Waals surface area contributed by atoms with Crippen LogP contribution in [-0.4, -0.2) is 14.6 Å². The topological polar surface area (TPSA) is 50.2 Å². The molecule has 1 N–H and O–H groups in total. The third kappa shape index (κ3) is 2.45. The molecule has 0 saturated carbocycles. The third-order valence-electron chi connectivity index (χ3n) is 3.42. The monoisotopic (exact) mass is 343 g/mol. The van der Waals surface area contributed by atoms with Crippen LogP contribution in [0.5, 0.6) is 0 Å². The predicted molar refractivity (Wildman–Crippen MR) is 87.6 cm³/mol. The SMILES string of the molecule is C=CCc1c(C)nc2cc(-c3ccc(Br)cc3)[nH]n2c1=O. The highest BCUT2D eigenvalue weighted by Crippen LogP contribution is 2.21. The first-order valence-corrected chi connectivity index (χ1v) is 7.37. The molecule has 0 atom stereocenters. The molecule has 4 nitrogen and oxygen atoms in total. The van der Waals surface area contributed by atoms with E-state index in [-0.39, 0.29) is 5.56 Å². The molecule has 0 aliphatic rings. The molecular weight excluding hydrogens is 330 g/mol. The standard InChI is InChI=1S/C16H14BrN3O/c1-3-4-13-10(2)18-15-9-14(19-20(15)16(13)21)11-5-7-12(17)8-6-11/h3,5-9,19H,1,4H2,2H3. The summed E-state index contributed by atoms with van der Waals surface area (Å²) in [6, 6.07) is 9.78. The van der Waals surface area contributed by atoms with Crippen LogP contribution in [0, 0.1) is 6.92 Å². The second-order valence-corrected chi connectivity index (χ2v) is 5.76. The zero-order valence-electron chi connectivity index (χ0n) is 11.6. The quantitative estimate of drug-likeness (QED) is 0.740. The third-order valence-corrected chi connectivity index (χ3v) is 3.95. The molecule has 2 aromatic heterocycles. The molecule has 0 amide bonds. The Bertz CT molecular complexity index is 875. The summed E-state index contributed by atoms with van der Waals surface area (Å²) in [7, 11) is 0. The summed E-state index contributed by atoms with van der Waals surface area (Å²) in [5, 5.41) is 3.12. The molecule has 0 unspecified atom stereocenters. The fourth-order valence-corrected chi connectivity index (χ4v) is 2.59. The molecule has 106 valence electrons. The molecule has 0 fully saturated rings. The number of halogens is 1. The number of rotatable bonds is 3. The fraction of sp³-hybridized carbons (Fsp3) is 0.125. The maximum absolute atomic E-state index is 12.5. The number of allylic oxidation sites excluding steroid dienone is 1. The molecule has 5 heteroatoms. The first-order chi connectivity index (χ1) is 10.1. The van der Waals surface area contributed by atoms with E-state index in [1.807, 2.05) is 37.3 Å². The number of hydrogen-bond acceptors (Lipinski definition) is 2. The van der Waals surface area contributed by atoms with Crippen LogP contribution in [0.25, 0.3) is 16.9 Å². The van der Waals surface area contributed by atoms with Crippen LogP contribution in [-0.2, 0) is 6.42 Å². The molecule has 0 spiro atoms. The van der Waals surface area contributed by atoms with Crippen LogP contribution in [0.3, 0.4) is 0 Å². The van der Waals surface area contributed by atoms with Crippen molar-refractivity contribution in [3.8, 4) is 11.3 Å². The van der Waals surface area contributed by atoms with Crippen molar-refractivity contribution < 1.29 is 0 Å². The van der Waals surface area contributed by atoms with Crippen LogP contribution >= 0.6 is 15.9 Å². The highest BCUT2D eigenvalue weighted by atomic mass is 79.9. The van der Waals surface area contributed by atoms with Crippen molar-refractivity contribution in [1.82, 2.24) is 14.6 Å². The fourth-order valence-electron chi connectivity index (χ4n) is 2.33. The summed E-state index contributed by atoms with van der Waals surface area (Å²) in [4.78, 5) is 17.0. The lowest BCUT2D eigenvalue weighted by molar-refractivity contribution is 0.866. The molecule has 0 saturated heterocycles. The van der Waals surface area contributed by atoms with Crippen LogP contribution in [0.2, 0.25) is 0 Å². The summed E-state index contributed by atoms with van der Waals surface area (Å²) in [6.45, 7) is 5.54. The van der Waals surface area contributed by atoms with Gasteiger partial charge in [-0.15, -0.1) is 6.58 Å². The van der Waals surface area contributed by atoms with E-state index in [1.165, 1.54) is 4.52 Å². The summed E-state index contributed by atoms with van der Waals surface area (Å²) >= 11 is 3.41. The average Bonchev–Trinajstić information content (AvgIpc) is 2.88. The number of nitrogens with zero attached hydrogens (tertiary/aromatic N) is 2. The van der Waals surface area contributed by atoms with Gasteiger partial charge in [-0.2, -0.15) is 0 Å². The number of nitrogens with one attached hydrogen (secondary N) is 1. The molecule has 3 rings (SSSR count). The van der Waals surface area contributed by atoms with E-state index in [2.05, 4.69) is 32.6 Å². The maximum atomic E-state index is 12.5. The molecule has 3 aromatic rings. The second-order valence-electron chi connectivity index (χ2n) is 4.84. The highest BCUT2D eigenvalue weighted by molar-refractivity contribution is 9.10. The van der Waals surface area contributed by atoms with E-state index in [0.29, 0.717) is 17.6 Å². The Balaban J connectivity index is 2.20.